The number of fused-ring (bicyclic) bond motifs is 1. The second-order valence-electron chi connectivity index (χ2n) is 6.01. The highest BCUT2D eigenvalue weighted by Crippen LogP contribution is 2.19. The van der Waals surface area contributed by atoms with E-state index in [0.29, 0.717) is 23.2 Å². The largest absolute Gasteiger partial charge is 0.335 e. The Bertz CT molecular complexity index is 895. The van der Waals surface area contributed by atoms with Gasteiger partial charge >= 0.3 is 6.03 Å². The van der Waals surface area contributed by atoms with Crippen molar-refractivity contribution in [1.29, 1.82) is 0 Å². The Kier molecular flexibility index (Phi) is 3.81. The molecule has 0 atom stereocenters. The molecule has 1 aliphatic rings. The van der Waals surface area contributed by atoms with Crippen LogP contribution in [-0.4, -0.2) is 27.9 Å². The van der Waals surface area contributed by atoms with Crippen molar-refractivity contribution in [3.05, 3.63) is 54.1 Å². The maximum absolute atomic E-state index is 12.3. The molecule has 1 aromatic heterocycles. The predicted octanol–water partition coefficient (Wildman–Crippen LogP) is 3.10. The van der Waals surface area contributed by atoms with Crippen LogP contribution in [0, 0.1) is 0 Å². The number of nitrogens with zero attached hydrogens (tertiary/aromatic N) is 1. The van der Waals surface area contributed by atoms with Crippen molar-refractivity contribution in [2.45, 2.75) is 18.9 Å². The van der Waals surface area contributed by atoms with Crippen molar-refractivity contribution in [3.63, 3.8) is 0 Å². The van der Waals surface area contributed by atoms with Gasteiger partial charge in [0.05, 0.1) is 11.0 Å². The van der Waals surface area contributed by atoms with Crippen LogP contribution in [-0.2, 0) is 0 Å². The number of H-pyrrole nitrogens is 1. The van der Waals surface area contributed by atoms with Crippen LogP contribution in [0.1, 0.15) is 23.2 Å². The van der Waals surface area contributed by atoms with E-state index < -0.39 is 0 Å². The molecule has 1 aliphatic carbocycles. The first-order chi connectivity index (χ1) is 12.2. The highest BCUT2D eigenvalue weighted by Gasteiger charge is 2.23. The van der Waals surface area contributed by atoms with E-state index in [-0.39, 0.29) is 11.9 Å². The standard InChI is InChI=1S/C18H17N5O2/c24-16(23-17-21-14-3-1-2-4-15(14)22-17)11-5-7-12(8-6-11)19-18(25)20-13-9-10-13/h1-8,13H,9-10H2,(H2,19,20,25)(H2,21,22,23,24). The van der Waals surface area contributed by atoms with Gasteiger partial charge in [0.15, 0.2) is 0 Å². The zero-order valence-electron chi connectivity index (χ0n) is 13.4. The molecule has 3 amide bonds. The molecule has 0 spiro atoms. The minimum atomic E-state index is -0.270. The van der Waals surface area contributed by atoms with Crippen LogP contribution >= 0.6 is 0 Å². The average Bonchev–Trinajstić information content (AvgIpc) is 3.31. The number of hydrogen-bond donors (Lipinski definition) is 4. The van der Waals surface area contributed by atoms with Crippen LogP contribution in [0.25, 0.3) is 11.0 Å². The van der Waals surface area contributed by atoms with Gasteiger partial charge in [-0.2, -0.15) is 0 Å². The van der Waals surface area contributed by atoms with E-state index in [1.54, 1.807) is 24.3 Å². The van der Waals surface area contributed by atoms with Crippen molar-refractivity contribution in [3.8, 4) is 0 Å². The summed E-state index contributed by atoms with van der Waals surface area (Å²) < 4.78 is 0. The number of aromatic amines is 1. The topological polar surface area (TPSA) is 98.9 Å². The van der Waals surface area contributed by atoms with Gasteiger partial charge in [0, 0.05) is 17.3 Å². The van der Waals surface area contributed by atoms with E-state index in [1.807, 2.05) is 24.3 Å². The Labute approximate surface area is 143 Å². The Balaban J connectivity index is 1.40. The van der Waals surface area contributed by atoms with Gasteiger partial charge in [0.1, 0.15) is 0 Å². The third kappa shape index (κ3) is 3.60. The lowest BCUT2D eigenvalue weighted by atomic mass is 10.2. The number of carbonyl (C=O) groups excluding carboxylic acids is 2. The number of hydrogen-bond acceptors (Lipinski definition) is 3. The van der Waals surface area contributed by atoms with Crippen molar-refractivity contribution in [1.82, 2.24) is 15.3 Å². The van der Waals surface area contributed by atoms with Gasteiger partial charge in [-0.05, 0) is 49.2 Å². The summed E-state index contributed by atoms with van der Waals surface area (Å²) in [4.78, 5) is 31.4. The van der Waals surface area contributed by atoms with Gasteiger partial charge in [-0.15, -0.1) is 0 Å². The fourth-order valence-electron chi connectivity index (χ4n) is 2.48. The molecule has 0 radical (unpaired) electrons. The molecule has 4 N–H and O–H groups in total. The van der Waals surface area contributed by atoms with Crippen LogP contribution in [0.15, 0.2) is 48.5 Å². The number of anilines is 2. The summed E-state index contributed by atoms with van der Waals surface area (Å²) in [5.74, 6) is 0.130. The Morgan fingerprint density at radius 1 is 1.00 bits per heavy atom. The van der Waals surface area contributed by atoms with E-state index in [0.717, 1.165) is 23.9 Å². The summed E-state index contributed by atoms with van der Waals surface area (Å²) in [6.45, 7) is 0. The molecule has 1 fully saturated rings. The summed E-state index contributed by atoms with van der Waals surface area (Å²) in [6.07, 6.45) is 2.07. The maximum Gasteiger partial charge on any atom is 0.319 e. The summed E-state index contributed by atoms with van der Waals surface area (Å²) >= 11 is 0. The van der Waals surface area contributed by atoms with E-state index in [9.17, 15) is 9.59 Å². The molecule has 2 aromatic carbocycles. The van der Waals surface area contributed by atoms with Crippen LogP contribution < -0.4 is 16.0 Å². The van der Waals surface area contributed by atoms with Crippen molar-refractivity contribution < 1.29 is 9.59 Å². The summed E-state index contributed by atoms with van der Waals surface area (Å²) in [6, 6.07) is 14.3. The highest BCUT2D eigenvalue weighted by molar-refractivity contribution is 6.04. The molecule has 0 unspecified atom stereocenters. The average molecular weight is 335 g/mol. The second kappa shape index (κ2) is 6.27. The van der Waals surface area contributed by atoms with Gasteiger partial charge in [-0.1, -0.05) is 12.1 Å². The number of aromatic nitrogens is 2. The van der Waals surface area contributed by atoms with Crippen LogP contribution in [0.4, 0.5) is 16.4 Å². The van der Waals surface area contributed by atoms with Crippen LogP contribution in [0.5, 0.6) is 0 Å². The summed E-state index contributed by atoms with van der Waals surface area (Å²) in [5, 5.41) is 8.33. The fourth-order valence-corrected chi connectivity index (χ4v) is 2.48. The van der Waals surface area contributed by atoms with E-state index in [4.69, 9.17) is 0 Å². The minimum Gasteiger partial charge on any atom is -0.335 e. The van der Waals surface area contributed by atoms with E-state index in [2.05, 4.69) is 25.9 Å². The molecule has 7 heteroatoms. The van der Waals surface area contributed by atoms with Gasteiger partial charge in [-0.25, -0.2) is 9.78 Å². The Morgan fingerprint density at radius 3 is 2.48 bits per heavy atom. The number of nitrogens with one attached hydrogen (secondary N) is 4. The molecule has 0 saturated heterocycles. The van der Waals surface area contributed by atoms with Gasteiger partial charge in [-0.3, -0.25) is 10.1 Å². The highest BCUT2D eigenvalue weighted by atomic mass is 16.2. The first-order valence-electron chi connectivity index (χ1n) is 8.11. The van der Waals surface area contributed by atoms with E-state index in [1.165, 1.54) is 0 Å². The van der Waals surface area contributed by atoms with Crippen LogP contribution in [0.3, 0.4) is 0 Å². The normalized spacial score (nSPS) is 13.4. The van der Waals surface area contributed by atoms with E-state index >= 15 is 0 Å². The number of benzene rings is 2. The van der Waals surface area contributed by atoms with Gasteiger partial charge < -0.3 is 15.6 Å². The number of urea groups is 1. The number of amides is 3. The number of para-hydroxylation sites is 2. The summed E-state index contributed by atoms with van der Waals surface area (Å²) in [5.41, 5.74) is 2.77. The zero-order valence-corrected chi connectivity index (χ0v) is 13.4. The van der Waals surface area contributed by atoms with Crippen molar-refractivity contribution in [2.75, 3.05) is 10.6 Å². The monoisotopic (exact) mass is 335 g/mol. The lowest BCUT2D eigenvalue weighted by Crippen LogP contribution is -2.30. The molecule has 3 aromatic rings. The minimum absolute atomic E-state index is 0.220. The van der Waals surface area contributed by atoms with Crippen molar-refractivity contribution >= 4 is 34.6 Å². The van der Waals surface area contributed by atoms with Crippen molar-refractivity contribution in [2.24, 2.45) is 0 Å². The van der Waals surface area contributed by atoms with Crippen LogP contribution in [0.2, 0.25) is 0 Å². The second-order valence-corrected chi connectivity index (χ2v) is 6.01. The number of rotatable bonds is 4. The fraction of sp³-hybridized carbons (Fsp3) is 0.167. The maximum atomic E-state index is 12.3. The molecule has 4 rings (SSSR count). The molecule has 0 bridgehead atoms. The molecular formula is C18H17N5O2. The molecular weight excluding hydrogens is 318 g/mol. The molecule has 1 saturated carbocycles. The van der Waals surface area contributed by atoms with Gasteiger partial charge in [0.25, 0.3) is 5.91 Å². The third-order valence-electron chi connectivity index (χ3n) is 3.94. The lowest BCUT2D eigenvalue weighted by molar-refractivity contribution is 0.102. The Morgan fingerprint density at radius 2 is 1.76 bits per heavy atom. The lowest BCUT2D eigenvalue weighted by Gasteiger charge is -2.07. The molecule has 0 aliphatic heterocycles. The number of imidazole rings is 1. The summed E-state index contributed by atoms with van der Waals surface area (Å²) in [7, 11) is 0. The first-order valence-corrected chi connectivity index (χ1v) is 8.11. The zero-order chi connectivity index (χ0) is 17.2. The molecule has 25 heavy (non-hydrogen) atoms. The molecule has 7 nitrogen and oxygen atoms in total. The van der Waals surface area contributed by atoms with Gasteiger partial charge in [0.2, 0.25) is 5.95 Å². The number of carbonyl (C=O) groups is 2. The first kappa shape index (κ1) is 15.2. The predicted molar refractivity (Wildman–Crippen MR) is 95.7 cm³/mol. The smallest absolute Gasteiger partial charge is 0.319 e. The molecule has 126 valence electrons. The SMILES string of the molecule is O=C(Nc1ccc(C(=O)Nc2nc3ccccc3[nH]2)cc1)NC1CC1. The quantitative estimate of drug-likeness (QED) is 0.589. The third-order valence-corrected chi connectivity index (χ3v) is 3.94. The molecule has 1 heterocycles. The Hall–Kier alpha value is -3.35.